The third-order valence-electron chi connectivity index (χ3n) is 11.5. The molecule has 5 heteroatoms. The van der Waals surface area contributed by atoms with E-state index in [4.69, 9.17) is 14.2 Å². The van der Waals surface area contributed by atoms with Gasteiger partial charge in [-0.3, -0.25) is 9.59 Å². The van der Waals surface area contributed by atoms with Crippen molar-refractivity contribution in [3.63, 3.8) is 0 Å². The molecule has 1 atom stereocenters. The van der Waals surface area contributed by atoms with E-state index in [0.29, 0.717) is 19.4 Å². The zero-order valence-electron chi connectivity index (χ0n) is 41.4. The van der Waals surface area contributed by atoms with Gasteiger partial charge in [0.05, 0.1) is 6.61 Å². The number of ether oxygens (including phenoxy) is 3. The van der Waals surface area contributed by atoms with E-state index >= 15 is 0 Å². The van der Waals surface area contributed by atoms with Crippen LogP contribution in [0.1, 0.15) is 265 Å². The van der Waals surface area contributed by atoms with Crippen molar-refractivity contribution in [3.05, 3.63) is 60.8 Å². The standard InChI is InChI=1S/C57H102O5/c1-4-7-10-13-16-19-22-25-27-28-29-30-31-33-35-38-41-44-47-50-56(58)61-54-55(53-60-52-49-46-43-40-37-34-26-23-20-17-14-11-8-5-2)62-57(59)51-48-45-42-39-36-32-24-21-18-15-12-9-6-3/h8,11,16-17,19-20,25-27,34,55H,4-7,9-10,12-15,18,21-24,28-33,35-54H2,1-3H3/b11-8-,19-16-,20-17-,27-25-,34-26-. The molecule has 0 rings (SSSR count). The maximum absolute atomic E-state index is 12.8. The topological polar surface area (TPSA) is 61.8 Å². The highest BCUT2D eigenvalue weighted by atomic mass is 16.6. The number of hydrogen-bond acceptors (Lipinski definition) is 5. The van der Waals surface area contributed by atoms with E-state index in [0.717, 1.165) is 70.6 Å². The zero-order chi connectivity index (χ0) is 44.9. The van der Waals surface area contributed by atoms with E-state index in [1.807, 2.05) is 0 Å². The normalized spacial score (nSPS) is 12.6. The van der Waals surface area contributed by atoms with Gasteiger partial charge in [-0.25, -0.2) is 0 Å². The van der Waals surface area contributed by atoms with Gasteiger partial charge in [-0.2, -0.15) is 0 Å². The molecule has 5 nitrogen and oxygen atoms in total. The van der Waals surface area contributed by atoms with Crippen LogP contribution in [0.25, 0.3) is 0 Å². The first-order chi connectivity index (χ1) is 30.6. The molecular weight excluding hydrogens is 765 g/mol. The minimum absolute atomic E-state index is 0.0755. The Morgan fingerprint density at radius 1 is 0.371 bits per heavy atom. The van der Waals surface area contributed by atoms with Crippen molar-refractivity contribution in [2.24, 2.45) is 0 Å². The monoisotopic (exact) mass is 867 g/mol. The fourth-order valence-electron chi connectivity index (χ4n) is 7.56. The Bertz CT molecular complexity index is 1070. The maximum Gasteiger partial charge on any atom is 0.306 e. The van der Waals surface area contributed by atoms with E-state index in [1.165, 1.54) is 161 Å². The van der Waals surface area contributed by atoms with Crippen molar-refractivity contribution in [1.29, 1.82) is 0 Å². The number of hydrogen-bond donors (Lipinski definition) is 0. The summed E-state index contributed by atoms with van der Waals surface area (Å²) >= 11 is 0. The third kappa shape index (κ3) is 50.2. The van der Waals surface area contributed by atoms with Gasteiger partial charge < -0.3 is 14.2 Å². The van der Waals surface area contributed by atoms with Crippen LogP contribution >= 0.6 is 0 Å². The third-order valence-corrected chi connectivity index (χ3v) is 11.5. The Hall–Kier alpha value is -2.40. The number of allylic oxidation sites excluding steroid dienone is 10. The largest absolute Gasteiger partial charge is 0.462 e. The van der Waals surface area contributed by atoms with Crippen LogP contribution in [0.15, 0.2) is 60.8 Å². The van der Waals surface area contributed by atoms with E-state index in [9.17, 15) is 9.59 Å². The Morgan fingerprint density at radius 2 is 0.726 bits per heavy atom. The van der Waals surface area contributed by atoms with Gasteiger partial charge in [0, 0.05) is 19.4 Å². The van der Waals surface area contributed by atoms with E-state index in [2.05, 4.69) is 81.5 Å². The lowest BCUT2D eigenvalue weighted by Gasteiger charge is -2.18. The lowest BCUT2D eigenvalue weighted by Crippen LogP contribution is -2.30. The minimum Gasteiger partial charge on any atom is -0.462 e. The summed E-state index contributed by atoms with van der Waals surface area (Å²) in [6, 6.07) is 0. The second kappa shape index (κ2) is 52.9. The fourth-order valence-corrected chi connectivity index (χ4v) is 7.56. The number of unbranched alkanes of at least 4 members (excludes halogenated alkanes) is 28. The van der Waals surface area contributed by atoms with Gasteiger partial charge in [0.2, 0.25) is 0 Å². The van der Waals surface area contributed by atoms with E-state index < -0.39 is 6.10 Å². The molecule has 0 fully saturated rings. The number of esters is 2. The molecule has 0 saturated carbocycles. The van der Waals surface area contributed by atoms with Gasteiger partial charge in [-0.15, -0.1) is 0 Å². The molecule has 0 aromatic rings. The molecule has 0 aromatic carbocycles. The molecule has 0 aliphatic rings. The summed E-state index contributed by atoms with van der Waals surface area (Å²) in [5, 5.41) is 0. The van der Waals surface area contributed by atoms with Gasteiger partial charge in [-0.05, 0) is 83.5 Å². The van der Waals surface area contributed by atoms with Crippen molar-refractivity contribution < 1.29 is 23.8 Å². The first-order valence-corrected chi connectivity index (χ1v) is 26.8. The lowest BCUT2D eigenvalue weighted by atomic mass is 10.0. The molecule has 0 heterocycles. The number of rotatable bonds is 49. The second-order valence-electron chi connectivity index (χ2n) is 17.8. The summed E-state index contributed by atoms with van der Waals surface area (Å²) in [5.41, 5.74) is 0. The zero-order valence-corrected chi connectivity index (χ0v) is 41.4. The smallest absolute Gasteiger partial charge is 0.306 e. The summed E-state index contributed by atoms with van der Waals surface area (Å²) in [4.78, 5) is 25.4. The van der Waals surface area contributed by atoms with Crippen LogP contribution < -0.4 is 0 Å². The van der Waals surface area contributed by atoms with Crippen LogP contribution in [0.4, 0.5) is 0 Å². The molecule has 0 spiro atoms. The Labute approximate surface area is 385 Å². The van der Waals surface area contributed by atoms with Crippen molar-refractivity contribution in [2.75, 3.05) is 19.8 Å². The first kappa shape index (κ1) is 59.6. The average molecular weight is 867 g/mol. The molecule has 0 aliphatic carbocycles. The minimum atomic E-state index is -0.548. The van der Waals surface area contributed by atoms with E-state index in [-0.39, 0.29) is 25.2 Å². The second-order valence-corrected chi connectivity index (χ2v) is 17.8. The molecule has 0 N–H and O–H groups in total. The van der Waals surface area contributed by atoms with Crippen LogP contribution in [0.5, 0.6) is 0 Å². The SMILES string of the molecule is CC/C=C\C/C=C\C/C=C\CCCCCCOCC(COC(=O)CCCCCCCCCCC/C=C\C/C=C\CCCCC)OC(=O)CCCCCCCCCCCCCCC. The number of carbonyl (C=O) groups excluding carboxylic acids is 2. The van der Waals surface area contributed by atoms with Crippen LogP contribution in [0, 0.1) is 0 Å². The molecular formula is C57H102O5. The summed E-state index contributed by atoms with van der Waals surface area (Å²) in [5.74, 6) is -0.406. The van der Waals surface area contributed by atoms with Crippen molar-refractivity contribution in [2.45, 2.75) is 271 Å². The molecule has 0 saturated heterocycles. The van der Waals surface area contributed by atoms with Crippen molar-refractivity contribution >= 4 is 11.9 Å². The molecule has 0 aliphatic heterocycles. The molecule has 1 unspecified atom stereocenters. The van der Waals surface area contributed by atoms with Gasteiger partial charge in [0.25, 0.3) is 0 Å². The lowest BCUT2D eigenvalue weighted by molar-refractivity contribution is -0.163. The summed E-state index contributed by atoms with van der Waals surface area (Å²) < 4.78 is 17.4. The highest BCUT2D eigenvalue weighted by Gasteiger charge is 2.17. The van der Waals surface area contributed by atoms with Crippen LogP contribution in [-0.4, -0.2) is 37.9 Å². The highest BCUT2D eigenvalue weighted by molar-refractivity contribution is 5.70. The first-order valence-electron chi connectivity index (χ1n) is 26.8. The maximum atomic E-state index is 12.8. The van der Waals surface area contributed by atoms with Crippen LogP contribution in [-0.2, 0) is 23.8 Å². The predicted octanol–water partition coefficient (Wildman–Crippen LogP) is 18.1. The summed E-state index contributed by atoms with van der Waals surface area (Å²) in [6.45, 7) is 7.67. The van der Waals surface area contributed by atoms with Gasteiger partial charge in [0.15, 0.2) is 6.10 Å². The molecule has 0 bridgehead atoms. The molecule has 0 amide bonds. The fraction of sp³-hybridized carbons (Fsp3) is 0.789. The Morgan fingerprint density at radius 3 is 1.19 bits per heavy atom. The number of carbonyl (C=O) groups is 2. The Balaban J connectivity index is 4.25. The highest BCUT2D eigenvalue weighted by Crippen LogP contribution is 2.15. The quantitative estimate of drug-likeness (QED) is 0.0346. The van der Waals surface area contributed by atoms with Crippen LogP contribution in [0.2, 0.25) is 0 Å². The molecule has 360 valence electrons. The molecule has 62 heavy (non-hydrogen) atoms. The molecule has 0 radical (unpaired) electrons. The molecule has 0 aromatic heterocycles. The summed E-state index contributed by atoms with van der Waals surface area (Å²) in [6.07, 6.45) is 66.6. The Kier molecular flexibility index (Phi) is 50.9. The average Bonchev–Trinajstić information content (AvgIpc) is 3.27. The van der Waals surface area contributed by atoms with Gasteiger partial charge in [-0.1, -0.05) is 229 Å². The van der Waals surface area contributed by atoms with E-state index in [1.54, 1.807) is 0 Å². The van der Waals surface area contributed by atoms with Gasteiger partial charge in [0.1, 0.15) is 6.61 Å². The summed E-state index contributed by atoms with van der Waals surface area (Å²) in [7, 11) is 0. The van der Waals surface area contributed by atoms with Gasteiger partial charge >= 0.3 is 11.9 Å². The van der Waals surface area contributed by atoms with Crippen molar-refractivity contribution in [3.8, 4) is 0 Å². The van der Waals surface area contributed by atoms with Crippen LogP contribution in [0.3, 0.4) is 0 Å². The predicted molar refractivity (Wildman–Crippen MR) is 270 cm³/mol. The van der Waals surface area contributed by atoms with Crippen molar-refractivity contribution in [1.82, 2.24) is 0 Å².